The summed E-state index contributed by atoms with van der Waals surface area (Å²) in [6.07, 6.45) is 0. The molecule has 0 radical (unpaired) electrons. The van der Waals surface area contributed by atoms with E-state index < -0.39 is 10.4 Å². The molecule has 5 nitrogen and oxygen atoms in total. The molecule has 0 saturated carbocycles. The summed E-state index contributed by atoms with van der Waals surface area (Å²) in [4.78, 5) is 0. The van der Waals surface area contributed by atoms with E-state index in [9.17, 15) is 0 Å². The van der Waals surface area contributed by atoms with Crippen LogP contribution in [0.25, 0.3) is 0 Å². The lowest BCUT2D eigenvalue weighted by Gasteiger charge is -2.06. The molecule has 0 heterocycles. The van der Waals surface area contributed by atoms with Crippen molar-refractivity contribution in [3.63, 3.8) is 0 Å². The van der Waals surface area contributed by atoms with Crippen molar-refractivity contribution in [2.45, 2.75) is 0 Å². The van der Waals surface area contributed by atoms with Crippen molar-refractivity contribution < 1.29 is 22.6 Å². The molecule has 0 fully saturated rings. The molecule has 0 aromatic rings. The molecule has 46 valence electrons. The van der Waals surface area contributed by atoms with Gasteiger partial charge in [-0.25, -0.2) is 0 Å². The van der Waals surface area contributed by atoms with Gasteiger partial charge >= 0.3 is 0 Å². The van der Waals surface area contributed by atoms with Gasteiger partial charge in [-0.1, -0.05) is 0 Å². The van der Waals surface area contributed by atoms with Gasteiger partial charge in [0.15, 0.2) is 0 Å². The highest BCUT2D eigenvalue weighted by Crippen LogP contribution is 1.57. The second kappa shape index (κ2) is 4.00. The molecule has 0 saturated heterocycles. The largest absolute Gasteiger partial charge is 0.759 e. The molecule has 0 spiro atoms. The van der Waals surface area contributed by atoms with Crippen molar-refractivity contribution >= 4 is 10.4 Å². The molecule has 0 bridgehead atoms. The summed E-state index contributed by atoms with van der Waals surface area (Å²) in [5, 5.41) is 7.00. The molecule has 0 atom stereocenters. The van der Waals surface area contributed by atoms with Crippen molar-refractivity contribution in [1.82, 2.24) is 0 Å². The van der Waals surface area contributed by atoms with E-state index in [1.807, 2.05) is 0 Å². The first-order valence-electron chi connectivity index (χ1n) is 1.11. The summed E-state index contributed by atoms with van der Waals surface area (Å²) in [7, 11) is -4.17. The third-order valence-corrected chi connectivity index (χ3v) is 0. The molecule has 0 aromatic carbocycles. The summed E-state index contributed by atoms with van der Waals surface area (Å²) in [5.41, 5.74) is 0. The summed E-state index contributed by atoms with van der Waals surface area (Å²) < 4.78 is 34.1. The van der Waals surface area contributed by atoms with Gasteiger partial charge in [0.1, 0.15) is 0 Å². The highest BCUT2D eigenvalue weighted by Gasteiger charge is 1.49. The van der Waals surface area contributed by atoms with Crippen LogP contribution in [0, 0.1) is 0 Å². The van der Waals surface area contributed by atoms with E-state index in [2.05, 4.69) is 0 Å². The Hall–Kier alpha value is -0.170. The zero-order chi connectivity index (χ0) is 6.50. The number of rotatable bonds is 0. The van der Waals surface area contributed by atoms with E-state index in [1.54, 1.807) is 0 Å². The average molecular weight is 128 g/mol. The Morgan fingerprint density at radius 3 is 1.29 bits per heavy atom. The van der Waals surface area contributed by atoms with E-state index in [0.717, 1.165) is 7.11 Å². The first-order chi connectivity index (χ1) is 3.00. The van der Waals surface area contributed by atoms with Gasteiger partial charge in [-0.05, 0) is 0 Å². The molecule has 1 N–H and O–H groups in total. The summed E-state index contributed by atoms with van der Waals surface area (Å²) in [5.74, 6) is 0. The van der Waals surface area contributed by atoms with Gasteiger partial charge in [0.2, 0.25) is 0 Å². The van der Waals surface area contributed by atoms with Crippen molar-refractivity contribution in [1.29, 1.82) is 0 Å². The summed E-state index contributed by atoms with van der Waals surface area (Å²) in [6.45, 7) is 0. The van der Waals surface area contributed by atoms with Crippen LogP contribution in [0.15, 0.2) is 0 Å². The fourth-order valence-electron chi connectivity index (χ4n) is 0. The van der Waals surface area contributed by atoms with E-state index in [0.29, 0.717) is 0 Å². The number of hydrogen-bond donors (Lipinski definition) is 1. The second-order valence-corrected chi connectivity index (χ2v) is 1.22. The molecular weight excluding hydrogens is 124 g/mol. The topological polar surface area (TPSA) is 100 Å². The maximum absolute atomic E-state index is 8.52. The highest BCUT2D eigenvalue weighted by atomic mass is 32.3. The minimum atomic E-state index is -5.17. The minimum absolute atomic E-state index is 1.00. The Bertz CT molecular complexity index is 91.2. The average Bonchev–Trinajstić information content (AvgIpc) is 1.36. The van der Waals surface area contributed by atoms with Crippen LogP contribution in [0.1, 0.15) is 0 Å². The number of aliphatic hydroxyl groups is 1. The highest BCUT2D eigenvalue weighted by molar-refractivity contribution is 7.79. The van der Waals surface area contributed by atoms with Crippen LogP contribution in [-0.4, -0.2) is 29.7 Å². The lowest BCUT2D eigenvalue weighted by atomic mass is 11.8. The molecule has 0 amide bonds. The zero-order valence-electron chi connectivity index (χ0n) is 3.49. The van der Waals surface area contributed by atoms with Gasteiger partial charge in [-0.15, -0.1) is 0 Å². The zero-order valence-corrected chi connectivity index (χ0v) is 4.30. The Morgan fingerprint density at radius 1 is 1.29 bits per heavy atom. The molecule has 0 aliphatic carbocycles. The molecular formula is CH4O5S-2. The van der Waals surface area contributed by atoms with Crippen LogP contribution in [0.4, 0.5) is 0 Å². The lowest BCUT2D eigenvalue weighted by Crippen LogP contribution is -1.91. The van der Waals surface area contributed by atoms with Crippen molar-refractivity contribution in [2.24, 2.45) is 0 Å². The Kier molecular flexibility index (Phi) is 5.69. The maximum atomic E-state index is 8.52. The van der Waals surface area contributed by atoms with Crippen molar-refractivity contribution in [3.05, 3.63) is 0 Å². The predicted molar refractivity (Wildman–Crippen MR) is 18.6 cm³/mol. The standard InChI is InChI=1S/CH4O.H2O4S/c1-2;1-5(2,3)4/h2H,1H3;(H2,1,2,3,4)/p-2. The molecule has 0 unspecified atom stereocenters. The lowest BCUT2D eigenvalue weighted by molar-refractivity contribution is 0.352. The van der Waals surface area contributed by atoms with Gasteiger partial charge in [0, 0.05) is 17.5 Å². The normalized spacial score (nSPS) is 9.14. The molecule has 7 heavy (non-hydrogen) atoms. The quantitative estimate of drug-likeness (QED) is 0.308. The molecule has 0 aliphatic rings. The van der Waals surface area contributed by atoms with Crippen LogP contribution in [0.5, 0.6) is 0 Å². The van der Waals surface area contributed by atoms with Gasteiger partial charge in [0.05, 0.1) is 0 Å². The predicted octanol–water partition coefficient (Wildman–Crippen LogP) is -1.73. The molecule has 0 rings (SSSR count). The fourth-order valence-corrected chi connectivity index (χ4v) is 0. The van der Waals surface area contributed by atoms with Crippen LogP contribution in [-0.2, 0) is 10.4 Å². The number of hydrogen-bond acceptors (Lipinski definition) is 5. The van der Waals surface area contributed by atoms with Crippen LogP contribution < -0.4 is 0 Å². The Balaban J connectivity index is 0. The second-order valence-electron chi connectivity index (χ2n) is 0.408. The minimum Gasteiger partial charge on any atom is -0.759 e. The van der Waals surface area contributed by atoms with Gasteiger partial charge < -0.3 is 14.2 Å². The Labute approximate surface area is 41.2 Å². The van der Waals surface area contributed by atoms with E-state index in [1.165, 1.54) is 0 Å². The molecule has 0 aromatic heterocycles. The maximum Gasteiger partial charge on any atom is 0.0319 e. The first kappa shape index (κ1) is 9.95. The van der Waals surface area contributed by atoms with E-state index >= 15 is 0 Å². The third-order valence-electron chi connectivity index (χ3n) is 0. The van der Waals surface area contributed by atoms with Crippen LogP contribution in [0.3, 0.4) is 0 Å². The third kappa shape index (κ3) is 2960. The van der Waals surface area contributed by atoms with Crippen LogP contribution in [0.2, 0.25) is 0 Å². The van der Waals surface area contributed by atoms with Crippen LogP contribution >= 0.6 is 0 Å². The molecule has 6 heteroatoms. The first-order valence-corrected chi connectivity index (χ1v) is 2.45. The monoisotopic (exact) mass is 128 g/mol. The number of aliphatic hydroxyl groups excluding tert-OH is 1. The summed E-state index contributed by atoms with van der Waals surface area (Å²) >= 11 is 0. The van der Waals surface area contributed by atoms with Gasteiger partial charge in [-0.3, -0.25) is 8.42 Å². The van der Waals surface area contributed by atoms with Crippen molar-refractivity contribution in [2.75, 3.05) is 7.11 Å². The van der Waals surface area contributed by atoms with E-state index in [4.69, 9.17) is 22.6 Å². The van der Waals surface area contributed by atoms with Crippen molar-refractivity contribution in [3.8, 4) is 0 Å². The summed E-state index contributed by atoms with van der Waals surface area (Å²) in [6, 6.07) is 0. The SMILES string of the molecule is CO.O=S(=O)([O-])[O-]. The smallest absolute Gasteiger partial charge is 0.0319 e. The Morgan fingerprint density at radius 2 is 1.29 bits per heavy atom. The molecule has 0 aliphatic heterocycles. The van der Waals surface area contributed by atoms with E-state index in [-0.39, 0.29) is 0 Å². The fraction of sp³-hybridized carbons (Fsp3) is 1.00. The van der Waals surface area contributed by atoms with Gasteiger partial charge in [-0.2, -0.15) is 0 Å². The van der Waals surface area contributed by atoms with Gasteiger partial charge in [0.25, 0.3) is 0 Å².